The highest BCUT2D eigenvalue weighted by Gasteiger charge is 1.99. The van der Waals surface area contributed by atoms with Gasteiger partial charge in [0.05, 0.1) is 13.7 Å². The lowest BCUT2D eigenvalue weighted by Gasteiger charge is -2.05. The molecule has 0 saturated heterocycles. The summed E-state index contributed by atoms with van der Waals surface area (Å²) in [5.41, 5.74) is 2.77. The lowest BCUT2D eigenvalue weighted by molar-refractivity contribution is -0.119. The molecule has 6 nitrogen and oxygen atoms in total. The molecule has 0 atom stereocenters. The molecule has 0 fully saturated rings. The van der Waals surface area contributed by atoms with Gasteiger partial charge in [0.1, 0.15) is 0 Å². The smallest absolute Gasteiger partial charge is 0.253 e. The molecule has 1 amide bonds. The Balaban J connectivity index is 2.54. The largest absolute Gasteiger partial charge is 0.481 e. The number of hydrogen-bond acceptors (Lipinski definition) is 5. The minimum absolute atomic E-state index is 0.115. The van der Waals surface area contributed by atoms with E-state index in [-0.39, 0.29) is 12.5 Å². The van der Waals surface area contributed by atoms with Crippen molar-refractivity contribution in [1.29, 1.82) is 0 Å². The van der Waals surface area contributed by atoms with E-state index in [1.807, 2.05) is 5.43 Å². The standard InChI is InChI=1S/C8H12N4O2/c1-14-8-4-6(2-3-10-8)11-5-7(13)12-9/h2-4H,5,9H2,1H3,(H,10,11)(H,12,13). The fourth-order valence-electron chi connectivity index (χ4n) is 0.864. The zero-order valence-corrected chi connectivity index (χ0v) is 7.78. The summed E-state index contributed by atoms with van der Waals surface area (Å²) in [6, 6.07) is 3.41. The van der Waals surface area contributed by atoms with Crippen molar-refractivity contribution in [2.45, 2.75) is 0 Å². The number of methoxy groups -OCH3 is 1. The van der Waals surface area contributed by atoms with Gasteiger partial charge >= 0.3 is 0 Å². The van der Waals surface area contributed by atoms with E-state index in [1.54, 1.807) is 18.3 Å². The number of nitrogens with one attached hydrogen (secondary N) is 2. The van der Waals surface area contributed by atoms with Gasteiger partial charge in [-0.15, -0.1) is 0 Å². The molecule has 76 valence electrons. The van der Waals surface area contributed by atoms with Crippen molar-refractivity contribution in [1.82, 2.24) is 10.4 Å². The molecule has 0 unspecified atom stereocenters. The van der Waals surface area contributed by atoms with Crippen LogP contribution >= 0.6 is 0 Å². The number of hydrazine groups is 1. The number of rotatable bonds is 4. The van der Waals surface area contributed by atoms with Crippen LogP contribution in [-0.4, -0.2) is 24.5 Å². The van der Waals surface area contributed by atoms with Gasteiger partial charge in [0, 0.05) is 18.0 Å². The van der Waals surface area contributed by atoms with Gasteiger partial charge in [-0.05, 0) is 6.07 Å². The highest BCUT2D eigenvalue weighted by molar-refractivity contribution is 5.80. The van der Waals surface area contributed by atoms with E-state index in [4.69, 9.17) is 10.6 Å². The molecule has 0 saturated carbocycles. The molecule has 1 heterocycles. The number of hydrogen-bond donors (Lipinski definition) is 3. The molecule has 1 aromatic rings. The van der Waals surface area contributed by atoms with Gasteiger partial charge in [0.15, 0.2) is 0 Å². The van der Waals surface area contributed by atoms with Gasteiger partial charge in [0.25, 0.3) is 5.91 Å². The SMILES string of the molecule is COc1cc(NCC(=O)NN)ccn1. The van der Waals surface area contributed by atoms with Gasteiger partial charge in [-0.1, -0.05) is 0 Å². The van der Waals surface area contributed by atoms with E-state index in [1.165, 1.54) is 7.11 Å². The topological polar surface area (TPSA) is 89.3 Å². The second-order valence-electron chi connectivity index (χ2n) is 2.51. The van der Waals surface area contributed by atoms with Gasteiger partial charge in [-0.25, -0.2) is 10.8 Å². The highest BCUT2D eigenvalue weighted by Crippen LogP contribution is 2.12. The molecule has 0 radical (unpaired) electrons. The molecule has 14 heavy (non-hydrogen) atoms. The summed E-state index contributed by atoms with van der Waals surface area (Å²) >= 11 is 0. The predicted molar refractivity (Wildman–Crippen MR) is 51.6 cm³/mol. The minimum Gasteiger partial charge on any atom is -0.481 e. The minimum atomic E-state index is -0.291. The quantitative estimate of drug-likeness (QED) is 0.343. The average molecular weight is 196 g/mol. The monoisotopic (exact) mass is 196 g/mol. The van der Waals surface area contributed by atoms with Crippen LogP contribution in [0, 0.1) is 0 Å². The number of ether oxygens (including phenoxy) is 1. The summed E-state index contributed by atoms with van der Waals surface area (Å²) in [5.74, 6) is 5.11. The molecule has 0 bridgehead atoms. The fraction of sp³-hybridized carbons (Fsp3) is 0.250. The van der Waals surface area contributed by atoms with E-state index in [0.717, 1.165) is 5.69 Å². The third kappa shape index (κ3) is 2.91. The molecule has 4 N–H and O–H groups in total. The third-order valence-corrected chi connectivity index (χ3v) is 1.56. The van der Waals surface area contributed by atoms with Crippen LogP contribution in [0.5, 0.6) is 5.88 Å². The molecular weight excluding hydrogens is 184 g/mol. The average Bonchev–Trinajstić information content (AvgIpc) is 2.26. The zero-order valence-electron chi connectivity index (χ0n) is 7.78. The molecule has 0 aliphatic carbocycles. The van der Waals surface area contributed by atoms with Crippen LogP contribution in [0.25, 0.3) is 0 Å². The molecule has 0 aliphatic heterocycles. The maximum Gasteiger partial charge on any atom is 0.253 e. The van der Waals surface area contributed by atoms with Crippen LogP contribution in [-0.2, 0) is 4.79 Å². The van der Waals surface area contributed by atoms with E-state index in [0.29, 0.717) is 5.88 Å². The van der Waals surface area contributed by atoms with E-state index >= 15 is 0 Å². The first kappa shape index (κ1) is 10.3. The number of anilines is 1. The summed E-state index contributed by atoms with van der Waals surface area (Å²) in [4.78, 5) is 14.7. The van der Waals surface area contributed by atoms with Crippen LogP contribution in [0.4, 0.5) is 5.69 Å². The fourth-order valence-corrected chi connectivity index (χ4v) is 0.864. The van der Waals surface area contributed by atoms with Crippen molar-refractivity contribution in [3.8, 4) is 5.88 Å². The first-order valence-corrected chi connectivity index (χ1v) is 3.99. The summed E-state index contributed by atoms with van der Waals surface area (Å²) in [7, 11) is 1.53. The first-order valence-electron chi connectivity index (χ1n) is 3.99. The summed E-state index contributed by atoms with van der Waals surface area (Å²) in [6.07, 6.45) is 1.58. The number of nitrogens with two attached hydrogens (primary N) is 1. The van der Waals surface area contributed by atoms with Crippen LogP contribution in [0.1, 0.15) is 0 Å². The number of nitrogens with zero attached hydrogens (tertiary/aromatic N) is 1. The number of carbonyl (C=O) groups is 1. The van der Waals surface area contributed by atoms with E-state index in [2.05, 4.69) is 10.3 Å². The molecule has 0 spiro atoms. The van der Waals surface area contributed by atoms with Crippen molar-refractivity contribution in [2.24, 2.45) is 5.84 Å². The Labute approximate surface area is 81.4 Å². The van der Waals surface area contributed by atoms with Crippen molar-refractivity contribution < 1.29 is 9.53 Å². The van der Waals surface area contributed by atoms with Gasteiger partial charge in [-0.2, -0.15) is 0 Å². The van der Waals surface area contributed by atoms with Crippen molar-refractivity contribution in [2.75, 3.05) is 19.0 Å². The number of aromatic nitrogens is 1. The highest BCUT2D eigenvalue weighted by atomic mass is 16.5. The van der Waals surface area contributed by atoms with Gasteiger partial charge < -0.3 is 10.1 Å². The number of pyridine rings is 1. The maximum atomic E-state index is 10.8. The molecular formula is C8H12N4O2. The first-order chi connectivity index (χ1) is 6.76. The Hall–Kier alpha value is -1.82. The predicted octanol–water partition coefficient (Wildman–Crippen LogP) is -0.508. The lowest BCUT2D eigenvalue weighted by Crippen LogP contribution is -2.35. The number of amides is 1. The zero-order chi connectivity index (χ0) is 10.4. The summed E-state index contributed by atoms with van der Waals surface area (Å²) < 4.78 is 4.91. The van der Waals surface area contributed by atoms with Crippen molar-refractivity contribution in [3.05, 3.63) is 18.3 Å². The van der Waals surface area contributed by atoms with Gasteiger partial charge in [0.2, 0.25) is 5.88 Å². The van der Waals surface area contributed by atoms with E-state index in [9.17, 15) is 4.79 Å². The van der Waals surface area contributed by atoms with Crippen LogP contribution in [0.2, 0.25) is 0 Å². The second-order valence-corrected chi connectivity index (χ2v) is 2.51. The van der Waals surface area contributed by atoms with Gasteiger partial charge in [-0.3, -0.25) is 10.2 Å². The molecule has 1 aromatic heterocycles. The van der Waals surface area contributed by atoms with Crippen molar-refractivity contribution in [3.63, 3.8) is 0 Å². The summed E-state index contributed by atoms with van der Waals surface area (Å²) in [5, 5.41) is 2.86. The molecule has 6 heteroatoms. The summed E-state index contributed by atoms with van der Waals surface area (Å²) in [6.45, 7) is 0.115. The Morgan fingerprint density at radius 1 is 1.71 bits per heavy atom. The van der Waals surface area contributed by atoms with Crippen LogP contribution < -0.4 is 21.3 Å². The Morgan fingerprint density at radius 2 is 2.50 bits per heavy atom. The van der Waals surface area contributed by atoms with E-state index < -0.39 is 0 Å². The second kappa shape index (κ2) is 5.03. The molecule has 0 aromatic carbocycles. The van der Waals surface area contributed by atoms with Crippen LogP contribution in [0.3, 0.4) is 0 Å². The molecule has 1 rings (SSSR count). The maximum absolute atomic E-state index is 10.8. The lowest BCUT2D eigenvalue weighted by atomic mass is 10.4. The Bertz CT molecular complexity index is 316. The third-order valence-electron chi connectivity index (χ3n) is 1.56. The Morgan fingerprint density at radius 3 is 3.14 bits per heavy atom. The van der Waals surface area contributed by atoms with Crippen molar-refractivity contribution >= 4 is 11.6 Å². The Kier molecular flexibility index (Phi) is 3.69. The molecule has 0 aliphatic rings. The van der Waals surface area contributed by atoms with Crippen LogP contribution in [0.15, 0.2) is 18.3 Å². The number of carbonyl (C=O) groups excluding carboxylic acids is 1. The normalized spacial score (nSPS) is 9.29.